The van der Waals surface area contributed by atoms with Crippen molar-refractivity contribution in [1.82, 2.24) is 35.3 Å². The van der Waals surface area contributed by atoms with Gasteiger partial charge in [0, 0.05) is 37.3 Å². The third-order valence-corrected chi connectivity index (χ3v) is 3.63. The van der Waals surface area contributed by atoms with Crippen LogP contribution in [0.15, 0.2) is 24.7 Å². The largest absolute Gasteiger partial charge is 0.492 e. The van der Waals surface area contributed by atoms with E-state index >= 15 is 0 Å². The molecule has 150 valence electrons. The second-order valence-electron chi connectivity index (χ2n) is 5.73. The van der Waals surface area contributed by atoms with Crippen molar-refractivity contribution in [1.29, 1.82) is 0 Å². The highest BCUT2D eigenvalue weighted by Gasteiger charge is 2.20. The van der Waals surface area contributed by atoms with Crippen molar-refractivity contribution in [3.8, 4) is 17.1 Å². The van der Waals surface area contributed by atoms with Gasteiger partial charge in [0.1, 0.15) is 6.33 Å². The molecule has 2 amide bonds. The third kappa shape index (κ3) is 4.26. The van der Waals surface area contributed by atoms with E-state index in [9.17, 15) is 9.59 Å². The molecule has 0 fully saturated rings. The maximum absolute atomic E-state index is 12.5. The first-order chi connectivity index (χ1) is 15.1. The van der Waals surface area contributed by atoms with Crippen LogP contribution in [0.25, 0.3) is 11.4 Å². The first-order valence-electron chi connectivity index (χ1n) is 9.71. The molecule has 0 saturated carbocycles. The Kier molecular flexibility index (Phi) is 4.55. The zero-order valence-corrected chi connectivity index (χ0v) is 15.7. The molecule has 0 spiro atoms. The number of aryl methyl sites for hydroxylation is 1. The van der Waals surface area contributed by atoms with Crippen molar-refractivity contribution in [2.45, 2.75) is 6.92 Å². The lowest BCUT2D eigenvalue weighted by Crippen LogP contribution is -2.22. The number of hydrogen-bond acceptors (Lipinski definition) is 9. The Morgan fingerprint density at radius 3 is 2.76 bits per heavy atom. The molecule has 3 heterocycles. The highest BCUT2D eigenvalue weighted by atomic mass is 16.5. The minimum atomic E-state index is -2.74. The van der Waals surface area contributed by atoms with Crippen LogP contribution in [-0.2, 0) is 11.8 Å². The summed E-state index contributed by atoms with van der Waals surface area (Å²) in [6.07, 6.45) is 2.99. The number of methoxy groups -OCH3 is 1. The summed E-state index contributed by atoms with van der Waals surface area (Å²) in [4.78, 5) is 32.3. The van der Waals surface area contributed by atoms with Crippen molar-refractivity contribution >= 4 is 29.1 Å². The first-order valence-corrected chi connectivity index (χ1v) is 8.21. The summed E-state index contributed by atoms with van der Waals surface area (Å²) in [6, 6.07) is 2.96. The van der Waals surface area contributed by atoms with Crippen LogP contribution < -0.4 is 20.7 Å². The van der Waals surface area contributed by atoms with Gasteiger partial charge in [0.05, 0.1) is 18.4 Å². The number of pyridine rings is 1. The van der Waals surface area contributed by atoms with Crippen LogP contribution in [0.2, 0.25) is 0 Å². The van der Waals surface area contributed by atoms with E-state index in [0.29, 0.717) is 11.4 Å². The Morgan fingerprint density at radius 1 is 1.28 bits per heavy atom. The minimum absolute atomic E-state index is 0.0300. The van der Waals surface area contributed by atoms with E-state index in [1.165, 1.54) is 37.3 Å². The molecule has 0 aliphatic carbocycles. The van der Waals surface area contributed by atoms with Gasteiger partial charge < -0.3 is 20.7 Å². The van der Waals surface area contributed by atoms with Crippen LogP contribution in [0, 0.1) is 0 Å². The molecule has 12 nitrogen and oxygen atoms in total. The second-order valence-corrected chi connectivity index (χ2v) is 5.73. The Hall–Kier alpha value is -4.09. The van der Waals surface area contributed by atoms with Crippen molar-refractivity contribution in [2.24, 2.45) is 7.05 Å². The van der Waals surface area contributed by atoms with E-state index in [-0.39, 0.29) is 28.8 Å². The molecule has 3 N–H and O–H groups in total. The van der Waals surface area contributed by atoms with Gasteiger partial charge in [-0.3, -0.25) is 14.3 Å². The zero-order valence-electron chi connectivity index (χ0n) is 18.7. The number of carbonyl (C=O) groups is 2. The number of rotatable bonds is 6. The Morgan fingerprint density at radius 2 is 2.10 bits per heavy atom. The number of amides is 2. The molecule has 0 atom stereocenters. The Balaban J connectivity index is 2.06. The molecule has 0 aromatic carbocycles. The van der Waals surface area contributed by atoms with E-state index in [4.69, 9.17) is 8.85 Å². The average molecular weight is 400 g/mol. The molecule has 12 heteroatoms. The maximum Gasteiger partial charge on any atom is 0.273 e. The molecule has 3 aromatic rings. The number of anilines is 3. The van der Waals surface area contributed by atoms with Gasteiger partial charge in [-0.05, 0) is 6.07 Å². The van der Waals surface area contributed by atoms with Gasteiger partial charge in [0.15, 0.2) is 28.9 Å². The van der Waals surface area contributed by atoms with Crippen LogP contribution in [0.5, 0.6) is 5.75 Å². The number of nitrogens with one attached hydrogen (secondary N) is 3. The van der Waals surface area contributed by atoms with Gasteiger partial charge in [0.25, 0.3) is 5.91 Å². The number of nitrogens with zero attached hydrogens (tertiary/aromatic N) is 6. The topological polar surface area (TPSA) is 149 Å². The van der Waals surface area contributed by atoms with Gasteiger partial charge in [-0.2, -0.15) is 5.10 Å². The van der Waals surface area contributed by atoms with Gasteiger partial charge in [-0.15, -0.1) is 10.2 Å². The fourth-order valence-electron chi connectivity index (χ4n) is 2.47. The van der Waals surface area contributed by atoms with Crippen LogP contribution in [0.1, 0.15) is 21.5 Å². The van der Waals surface area contributed by atoms with Crippen molar-refractivity contribution in [3.63, 3.8) is 0 Å². The molecule has 0 aliphatic heterocycles. The van der Waals surface area contributed by atoms with Crippen LogP contribution in [-0.4, -0.2) is 55.8 Å². The molecule has 0 bridgehead atoms. The number of aromatic nitrogens is 6. The molecule has 0 aliphatic rings. The standard InChI is InChI=1S/C17H19N9O3/c1-9(27)21-12-7-11(13(24-23-12)17(28)18-2)22-16-14(29-4)10(5-6-19-16)15-20-8-26(3)25-15/h5-8H,1-4H3,(H,18,28)(H2,19,21,22,23,27)/i2D3. The predicted molar refractivity (Wildman–Crippen MR) is 104 cm³/mol. The summed E-state index contributed by atoms with van der Waals surface area (Å²) >= 11 is 0. The summed E-state index contributed by atoms with van der Waals surface area (Å²) in [6.45, 7) is -1.47. The molecular weight excluding hydrogens is 378 g/mol. The fourth-order valence-corrected chi connectivity index (χ4v) is 2.47. The number of carbonyl (C=O) groups excluding carboxylic acids is 2. The lowest BCUT2D eigenvalue weighted by molar-refractivity contribution is -0.114. The molecule has 0 saturated heterocycles. The van der Waals surface area contributed by atoms with Gasteiger partial charge in [-0.1, -0.05) is 0 Å². The summed E-state index contributed by atoms with van der Waals surface area (Å²) in [5.74, 6) is -0.574. The van der Waals surface area contributed by atoms with Crippen LogP contribution in [0.4, 0.5) is 17.3 Å². The van der Waals surface area contributed by atoms with Gasteiger partial charge in [0.2, 0.25) is 5.91 Å². The van der Waals surface area contributed by atoms with E-state index in [2.05, 4.69) is 35.9 Å². The Bertz CT molecular complexity index is 1160. The SMILES string of the molecule is [2H]C([2H])([2H])NC(=O)c1nnc(NC(C)=O)cc1Nc1nccc(-c2ncn(C)n2)c1OC. The normalized spacial score (nSPS) is 12.3. The summed E-state index contributed by atoms with van der Waals surface area (Å²) < 4.78 is 28.8. The Labute approximate surface area is 169 Å². The quantitative estimate of drug-likeness (QED) is 0.544. The number of hydrogen-bond donors (Lipinski definition) is 3. The van der Waals surface area contributed by atoms with Crippen LogP contribution in [0.3, 0.4) is 0 Å². The van der Waals surface area contributed by atoms with E-state index in [0.717, 1.165) is 0 Å². The van der Waals surface area contributed by atoms with Gasteiger partial charge in [-0.25, -0.2) is 9.97 Å². The maximum atomic E-state index is 12.5. The van der Waals surface area contributed by atoms with Crippen molar-refractivity contribution in [3.05, 3.63) is 30.4 Å². The molecule has 3 aromatic heterocycles. The predicted octanol–water partition coefficient (Wildman–Crippen LogP) is 0.737. The highest BCUT2D eigenvalue weighted by molar-refractivity contribution is 5.99. The third-order valence-electron chi connectivity index (χ3n) is 3.63. The fraction of sp³-hybridized carbons (Fsp3) is 0.235. The molecular formula is C17H19N9O3. The molecule has 0 radical (unpaired) electrons. The highest BCUT2D eigenvalue weighted by Crippen LogP contribution is 2.35. The summed E-state index contributed by atoms with van der Waals surface area (Å²) in [7, 11) is 3.13. The molecule has 0 unspecified atom stereocenters. The monoisotopic (exact) mass is 400 g/mol. The summed E-state index contributed by atoms with van der Waals surface area (Å²) in [5.41, 5.74) is 0.214. The zero-order chi connectivity index (χ0) is 23.5. The van der Waals surface area contributed by atoms with E-state index in [1.807, 2.05) is 5.32 Å². The lowest BCUT2D eigenvalue weighted by atomic mass is 10.2. The minimum Gasteiger partial charge on any atom is -0.492 e. The van der Waals surface area contributed by atoms with Crippen molar-refractivity contribution in [2.75, 3.05) is 24.7 Å². The molecule has 29 heavy (non-hydrogen) atoms. The van der Waals surface area contributed by atoms with Gasteiger partial charge >= 0.3 is 0 Å². The lowest BCUT2D eigenvalue weighted by Gasteiger charge is -2.15. The second kappa shape index (κ2) is 8.29. The van der Waals surface area contributed by atoms with E-state index < -0.39 is 18.8 Å². The number of ether oxygens (including phenoxy) is 1. The average Bonchev–Trinajstić information content (AvgIpc) is 3.12. The van der Waals surface area contributed by atoms with Crippen molar-refractivity contribution < 1.29 is 18.4 Å². The first kappa shape index (κ1) is 15.9. The van der Waals surface area contributed by atoms with Crippen LogP contribution >= 0.6 is 0 Å². The molecule has 3 rings (SSSR count). The smallest absolute Gasteiger partial charge is 0.273 e. The summed E-state index contributed by atoms with van der Waals surface area (Å²) in [5, 5.41) is 18.9. The van der Waals surface area contributed by atoms with E-state index in [1.54, 1.807) is 13.1 Å².